The number of hydrogen-bond acceptors (Lipinski definition) is 2. The Hall–Kier alpha value is -2.49. The number of aromatic nitrogens is 3. The third-order valence-corrected chi connectivity index (χ3v) is 4.74. The minimum absolute atomic E-state index is 0.756. The maximum Gasteiger partial charge on any atom is 0.138 e. The van der Waals surface area contributed by atoms with Gasteiger partial charge in [-0.25, -0.2) is 0 Å². The Morgan fingerprint density at radius 3 is 2.92 bits per heavy atom. The van der Waals surface area contributed by atoms with Crippen LogP contribution in [0.3, 0.4) is 0 Å². The Morgan fingerprint density at radius 2 is 2.17 bits per heavy atom. The SMILES string of the molecule is C=CCc1c(C)nn(C)c1-n1ccc2ccc(OCC3CC3)cc21. The van der Waals surface area contributed by atoms with E-state index in [1.165, 1.54) is 23.8 Å². The number of hydrogen-bond donors (Lipinski definition) is 0. The average Bonchev–Trinajstić information content (AvgIpc) is 3.25. The predicted octanol–water partition coefficient (Wildman–Crippen LogP) is 4.19. The van der Waals surface area contributed by atoms with E-state index in [-0.39, 0.29) is 0 Å². The first kappa shape index (κ1) is 15.1. The zero-order chi connectivity index (χ0) is 16.7. The standard InChI is InChI=1S/C20H23N3O/c1-4-5-18-14(2)21-22(3)20(18)23-11-10-16-8-9-17(12-19(16)23)24-13-15-6-7-15/h4,8-12,15H,1,5-7,13H2,2-3H3. The topological polar surface area (TPSA) is 32.0 Å². The van der Waals surface area contributed by atoms with E-state index in [9.17, 15) is 0 Å². The largest absolute Gasteiger partial charge is 0.493 e. The molecule has 0 atom stereocenters. The van der Waals surface area contributed by atoms with Crippen LogP contribution in [0.25, 0.3) is 16.7 Å². The fourth-order valence-electron chi connectivity index (χ4n) is 3.26. The van der Waals surface area contributed by atoms with Gasteiger partial charge >= 0.3 is 0 Å². The van der Waals surface area contributed by atoms with Crippen LogP contribution in [0.15, 0.2) is 43.1 Å². The molecule has 0 bridgehead atoms. The molecule has 1 aliphatic rings. The first-order valence-corrected chi connectivity index (χ1v) is 8.55. The van der Waals surface area contributed by atoms with E-state index < -0.39 is 0 Å². The van der Waals surface area contributed by atoms with E-state index in [0.29, 0.717) is 0 Å². The minimum atomic E-state index is 0.756. The van der Waals surface area contributed by atoms with Gasteiger partial charge in [0.05, 0.1) is 17.8 Å². The van der Waals surface area contributed by atoms with Crippen LogP contribution in [0, 0.1) is 12.8 Å². The van der Waals surface area contributed by atoms with Crippen LogP contribution in [-0.4, -0.2) is 21.0 Å². The lowest BCUT2D eigenvalue weighted by Crippen LogP contribution is -2.04. The summed E-state index contributed by atoms with van der Waals surface area (Å²) in [7, 11) is 1.99. The second kappa shape index (κ2) is 5.86. The molecule has 1 fully saturated rings. The maximum atomic E-state index is 5.96. The van der Waals surface area contributed by atoms with Crippen LogP contribution < -0.4 is 4.74 Å². The van der Waals surface area contributed by atoms with Gasteiger partial charge in [-0.15, -0.1) is 6.58 Å². The fraction of sp³-hybridized carbons (Fsp3) is 0.350. The van der Waals surface area contributed by atoms with Crippen LogP contribution in [0.4, 0.5) is 0 Å². The van der Waals surface area contributed by atoms with Crippen molar-refractivity contribution in [2.24, 2.45) is 13.0 Å². The molecule has 0 amide bonds. The Kier molecular flexibility index (Phi) is 3.68. The lowest BCUT2D eigenvalue weighted by Gasteiger charge is -2.10. The van der Waals surface area contributed by atoms with E-state index >= 15 is 0 Å². The van der Waals surface area contributed by atoms with Crippen LogP contribution >= 0.6 is 0 Å². The number of benzene rings is 1. The molecule has 0 radical (unpaired) electrons. The third-order valence-electron chi connectivity index (χ3n) is 4.74. The highest BCUT2D eigenvalue weighted by molar-refractivity contribution is 5.83. The highest BCUT2D eigenvalue weighted by Crippen LogP contribution is 2.31. The van der Waals surface area contributed by atoms with Gasteiger partial charge in [-0.05, 0) is 50.3 Å². The molecule has 2 heterocycles. The molecule has 0 unspecified atom stereocenters. The summed E-state index contributed by atoms with van der Waals surface area (Å²) in [4.78, 5) is 0. The highest BCUT2D eigenvalue weighted by atomic mass is 16.5. The molecule has 1 aliphatic carbocycles. The van der Waals surface area contributed by atoms with Gasteiger partial charge in [0.1, 0.15) is 11.6 Å². The number of ether oxygens (including phenoxy) is 1. The van der Waals surface area contributed by atoms with Crippen molar-refractivity contribution in [2.45, 2.75) is 26.2 Å². The van der Waals surface area contributed by atoms with Gasteiger partial charge in [-0.2, -0.15) is 5.10 Å². The summed E-state index contributed by atoms with van der Waals surface area (Å²) in [5, 5.41) is 5.81. The Bertz CT molecular complexity index is 899. The minimum Gasteiger partial charge on any atom is -0.493 e. The van der Waals surface area contributed by atoms with Gasteiger partial charge in [-0.3, -0.25) is 4.68 Å². The van der Waals surface area contributed by atoms with Crippen LogP contribution in [0.2, 0.25) is 0 Å². The van der Waals surface area contributed by atoms with Crippen molar-refractivity contribution in [3.05, 3.63) is 54.4 Å². The Morgan fingerprint density at radius 1 is 1.33 bits per heavy atom. The summed E-state index contributed by atoms with van der Waals surface area (Å²) in [6.45, 7) is 6.77. The van der Waals surface area contributed by atoms with Gasteiger partial charge in [-0.1, -0.05) is 6.08 Å². The highest BCUT2D eigenvalue weighted by Gasteiger charge is 2.22. The lowest BCUT2D eigenvalue weighted by atomic mass is 10.1. The Labute approximate surface area is 142 Å². The van der Waals surface area contributed by atoms with Crippen molar-refractivity contribution < 1.29 is 4.74 Å². The second-order valence-electron chi connectivity index (χ2n) is 6.66. The summed E-state index contributed by atoms with van der Waals surface area (Å²) >= 11 is 0. The molecule has 2 aromatic heterocycles. The zero-order valence-electron chi connectivity index (χ0n) is 14.3. The first-order valence-electron chi connectivity index (χ1n) is 8.55. The number of allylic oxidation sites excluding steroid dienone is 1. The van der Waals surface area contributed by atoms with Crippen LogP contribution in [0.1, 0.15) is 24.1 Å². The van der Waals surface area contributed by atoms with E-state index in [0.717, 1.165) is 41.7 Å². The molecule has 1 aromatic carbocycles. The number of nitrogens with zero attached hydrogens (tertiary/aromatic N) is 3. The normalized spacial score (nSPS) is 14.2. The molecular weight excluding hydrogens is 298 g/mol. The second-order valence-corrected chi connectivity index (χ2v) is 6.66. The molecule has 0 N–H and O–H groups in total. The number of rotatable bonds is 6. The van der Waals surface area contributed by atoms with E-state index in [4.69, 9.17) is 4.74 Å². The van der Waals surface area contributed by atoms with Gasteiger partial charge in [0.2, 0.25) is 0 Å². The van der Waals surface area contributed by atoms with Crippen molar-refractivity contribution >= 4 is 10.9 Å². The maximum absolute atomic E-state index is 5.96. The Balaban J connectivity index is 1.78. The average molecular weight is 321 g/mol. The summed E-state index contributed by atoms with van der Waals surface area (Å²) in [5.41, 5.74) is 3.42. The molecule has 4 rings (SSSR count). The van der Waals surface area contributed by atoms with E-state index in [1.807, 2.05) is 17.8 Å². The summed E-state index contributed by atoms with van der Waals surface area (Å²) in [6, 6.07) is 8.47. The summed E-state index contributed by atoms with van der Waals surface area (Å²) in [5.74, 6) is 2.80. The number of fused-ring (bicyclic) bond motifs is 1. The van der Waals surface area contributed by atoms with Crippen molar-refractivity contribution in [3.8, 4) is 11.6 Å². The molecule has 0 aliphatic heterocycles. The zero-order valence-corrected chi connectivity index (χ0v) is 14.3. The van der Waals surface area contributed by atoms with Gasteiger partial charge < -0.3 is 9.30 Å². The molecule has 24 heavy (non-hydrogen) atoms. The van der Waals surface area contributed by atoms with Gasteiger partial charge in [0.15, 0.2) is 0 Å². The first-order chi connectivity index (χ1) is 11.7. The van der Waals surface area contributed by atoms with Crippen LogP contribution in [0.5, 0.6) is 5.75 Å². The van der Waals surface area contributed by atoms with Gasteiger partial charge in [0, 0.05) is 30.3 Å². The summed E-state index contributed by atoms with van der Waals surface area (Å²) < 4.78 is 10.1. The monoisotopic (exact) mass is 321 g/mol. The molecule has 1 saturated carbocycles. The van der Waals surface area contributed by atoms with Crippen LogP contribution in [-0.2, 0) is 13.5 Å². The molecule has 3 aromatic rings. The molecule has 0 spiro atoms. The predicted molar refractivity (Wildman–Crippen MR) is 96.9 cm³/mol. The molecular formula is C20H23N3O. The van der Waals surface area contributed by atoms with Crippen molar-refractivity contribution in [1.29, 1.82) is 0 Å². The van der Waals surface area contributed by atoms with Gasteiger partial charge in [0.25, 0.3) is 0 Å². The van der Waals surface area contributed by atoms with E-state index in [2.05, 4.69) is 53.6 Å². The van der Waals surface area contributed by atoms with Crippen molar-refractivity contribution in [3.63, 3.8) is 0 Å². The van der Waals surface area contributed by atoms with Crippen molar-refractivity contribution in [1.82, 2.24) is 14.3 Å². The lowest BCUT2D eigenvalue weighted by molar-refractivity contribution is 0.300. The van der Waals surface area contributed by atoms with E-state index in [1.54, 1.807) is 0 Å². The summed E-state index contributed by atoms with van der Waals surface area (Å²) in [6.07, 6.45) is 7.46. The molecule has 124 valence electrons. The molecule has 4 heteroatoms. The smallest absolute Gasteiger partial charge is 0.138 e. The third kappa shape index (κ3) is 2.62. The molecule has 0 saturated heterocycles. The quantitative estimate of drug-likeness (QED) is 0.638. The fourth-order valence-corrected chi connectivity index (χ4v) is 3.26. The number of aryl methyl sites for hydroxylation is 2. The molecule has 4 nitrogen and oxygen atoms in total. The van der Waals surface area contributed by atoms with Crippen molar-refractivity contribution in [2.75, 3.05) is 6.61 Å².